The third-order valence-corrected chi connectivity index (χ3v) is 5.03. The van der Waals surface area contributed by atoms with Gasteiger partial charge in [0.05, 0.1) is 18.1 Å². The van der Waals surface area contributed by atoms with Crippen LogP contribution in [-0.4, -0.2) is 12.0 Å². The normalized spacial score (nSPS) is 24.0. The quantitative estimate of drug-likeness (QED) is 0.516. The van der Waals surface area contributed by atoms with Gasteiger partial charge in [0.2, 0.25) is 0 Å². The second kappa shape index (κ2) is 5.67. The fourth-order valence-corrected chi connectivity index (χ4v) is 3.84. The van der Waals surface area contributed by atoms with Crippen molar-refractivity contribution in [1.82, 2.24) is 0 Å². The van der Waals surface area contributed by atoms with E-state index >= 15 is 0 Å². The van der Waals surface area contributed by atoms with Crippen molar-refractivity contribution in [1.29, 1.82) is 0 Å². The molecule has 0 spiro atoms. The highest BCUT2D eigenvalue weighted by molar-refractivity contribution is 5.63. The lowest BCUT2D eigenvalue weighted by Crippen LogP contribution is -2.29. The molecule has 0 bridgehead atoms. The summed E-state index contributed by atoms with van der Waals surface area (Å²) < 4.78 is 5.24. The van der Waals surface area contributed by atoms with Crippen LogP contribution in [0.5, 0.6) is 5.75 Å². The molecule has 0 saturated heterocycles. The number of anilines is 1. The molecule has 2 aromatic rings. The molecule has 2 aliphatic rings. The van der Waals surface area contributed by atoms with Gasteiger partial charge in [-0.2, -0.15) is 0 Å². The highest BCUT2D eigenvalue weighted by atomic mass is 16.6. The van der Waals surface area contributed by atoms with E-state index in [1.807, 2.05) is 18.2 Å². The van der Waals surface area contributed by atoms with Gasteiger partial charge in [0, 0.05) is 23.7 Å². The van der Waals surface area contributed by atoms with Crippen LogP contribution in [0.1, 0.15) is 29.5 Å². The first-order chi connectivity index (χ1) is 11.7. The SMILES string of the molecule is COc1ccc([C@@H]2Nc3ccc([N+](=O)[O-])cc3[C@H]3C=CC[C@@H]32)cc1. The molecular weight excluding hydrogens is 304 g/mol. The van der Waals surface area contributed by atoms with E-state index in [0.29, 0.717) is 5.92 Å². The Bertz CT molecular complexity index is 814. The molecule has 4 rings (SSSR count). The van der Waals surface area contributed by atoms with Crippen LogP contribution in [0.3, 0.4) is 0 Å². The van der Waals surface area contributed by atoms with E-state index in [1.54, 1.807) is 19.2 Å². The molecule has 1 N–H and O–H groups in total. The number of allylic oxidation sites excluding steroid dienone is 2. The Balaban J connectivity index is 1.73. The fourth-order valence-electron chi connectivity index (χ4n) is 3.84. The number of ether oxygens (including phenoxy) is 1. The van der Waals surface area contributed by atoms with Crippen LogP contribution in [0.2, 0.25) is 0 Å². The second-order valence-electron chi connectivity index (χ2n) is 6.28. The minimum absolute atomic E-state index is 0.150. The first kappa shape index (κ1) is 14.8. The highest BCUT2D eigenvalue weighted by Crippen LogP contribution is 2.50. The Morgan fingerprint density at radius 1 is 1.21 bits per heavy atom. The Kier molecular flexibility index (Phi) is 3.49. The minimum atomic E-state index is -0.330. The topological polar surface area (TPSA) is 64.4 Å². The molecule has 0 saturated carbocycles. The Morgan fingerprint density at radius 3 is 2.71 bits per heavy atom. The van der Waals surface area contributed by atoms with E-state index in [1.165, 1.54) is 5.56 Å². The summed E-state index contributed by atoms with van der Waals surface area (Å²) in [5.41, 5.74) is 3.36. The van der Waals surface area contributed by atoms with Gasteiger partial charge >= 0.3 is 0 Å². The van der Waals surface area contributed by atoms with E-state index < -0.39 is 0 Å². The number of nitro groups is 1. The molecule has 0 amide bonds. The third-order valence-electron chi connectivity index (χ3n) is 5.03. The highest BCUT2D eigenvalue weighted by Gasteiger charge is 2.38. The zero-order valence-electron chi connectivity index (χ0n) is 13.3. The Morgan fingerprint density at radius 2 is 2.00 bits per heavy atom. The summed E-state index contributed by atoms with van der Waals surface area (Å²) in [4.78, 5) is 10.8. The van der Waals surface area contributed by atoms with Crippen LogP contribution in [-0.2, 0) is 0 Å². The van der Waals surface area contributed by atoms with Crippen molar-refractivity contribution < 1.29 is 9.66 Å². The number of non-ortho nitro benzene ring substituents is 1. The average molecular weight is 322 g/mol. The molecule has 1 heterocycles. The van der Waals surface area contributed by atoms with Crippen molar-refractivity contribution in [2.24, 2.45) is 5.92 Å². The number of fused-ring (bicyclic) bond motifs is 3. The maximum Gasteiger partial charge on any atom is 0.269 e. The number of rotatable bonds is 3. The number of nitrogens with one attached hydrogen (secondary N) is 1. The van der Waals surface area contributed by atoms with Crippen LogP contribution in [0.15, 0.2) is 54.6 Å². The molecule has 1 aliphatic carbocycles. The van der Waals surface area contributed by atoms with Crippen molar-refractivity contribution in [3.8, 4) is 5.75 Å². The molecule has 0 fully saturated rings. The molecule has 5 nitrogen and oxygen atoms in total. The van der Waals surface area contributed by atoms with Gasteiger partial charge in [-0.3, -0.25) is 10.1 Å². The van der Waals surface area contributed by atoms with Crippen LogP contribution >= 0.6 is 0 Å². The summed E-state index contributed by atoms with van der Waals surface area (Å²) >= 11 is 0. The van der Waals surface area contributed by atoms with Crippen molar-refractivity contribution in [3.05, 3.63) is 75.9 Å². The number of nitro benzene ring substituents is 1. The van der Waals surface area contributed by atoms with Crippen molar-refractivity contribution >= 4 is 11.4 Å². The van der Waals surface area contributed by atoms with E-state index in [-0.39, 0.29) is 22.6 Å². The summed E-state index contributed by atoms with van der Waals surface area (Å²) in [5, 5.41) is 14.7. The van der Waals surface area contributed by atoms with Gasteiger partial charge in [0.15, 0.2) is 0 Å². The van der Waals surface area contributed by atoms with Crippen LogP contribution < -0.4 is 10.1 Å². The molecule has 0 unspecified atom stereocenters. The first-order valence-electron chi connectivity index (χ1n) is 8.03. The summed E-state index contributed by atoms with van der Waals surface area (Å²) in [5.74, 6) is 1.42. The van der Waals surface area contributed by atoms with Gasteiger partial charge < -0.3 is 10.1 Å². The Hall–Kier alpha value is -2.82. The number of benzene rings is 2. The standard InChI is InChI=1S/C19H18N2O3/c1-24-14-8-5-12(6-9-14)19-16-4-2-3-15(16)17-11-13(21(22)23)7-10-18(17)20-19/h2-3,5-11,15-16,19-20H,4H2,1H3/t15-,16-,19-/m0/s1. The Labute approximate surface area is 140 Å². The molecule has 0 aromatic heterocycles. The smallest absolute Gasteiger partial charge is 0.269 e. The molecule has 3 atom stereocenters. The molecule has 24 heavy (non-hydrogen) atoms. The first-order valence-corrected chi connectivity index (χ1v) is 8.03. The van der Waals surface area contributed by atoms with Gasteiger partial charge in [0.25, 0.3) is 5.69 Å². The van der Waals surface area contributed by atoms with Crippen molar-refractivity contribution in [2.75, 3.05) is 12.4 Å². The second-order valence-corrected chi connectivity index (χ2v) is 6.28. The van der Waals surface area contributed by atoms with E-state index in [2.05, 4.69) is 29.6 Å². The predicted octanol–water partition coefficient (Wildman–Crippen LogP) is 4.43. The lowest BCUT2D eigenvalue weighted by Gasteiger charge is -2.37. The van der Waals surface area contributed by atoms with E-state index in [0.717, 1.165) is 23.4 Å². The molecular formula is C19H18N2O3. The monoisotopic (exact) mass is 322 g/mol. The third kappa shape index (κ3) is 2.33. The summed E-state index contributed by atoms with van der Waals surface area (Å²) in [6, 6.07) is 13.4. The van der Waals surface area contributed by atoms with Gasteiger partial charge in [-0.1, -0.05) is 24.3 Å². The summed E-state index contributed by atoms with van der Waals surface area (Å²) in [6.07, 6.45) is 5.34. The van der Waals surface area contributed by atoms with Crippen LogP contribution in [0.25, 0.3) is 0 Å². The number of hydrogen-bond donors (Lipinski definition) is 1. The summed E-state index contributed by atoms with van der Waals surface area (Å²) in [6.45, 7) is 0. The minimum Gasteiger partial charge on any atom is -0.497 e. The maximum absolute atomic E-state index is 11.1. The average Bonchev–Trinajstić information content (AvgIpc) is 3.10. The fraction of sp³-hybridized carbons (Fsp3) is 0.263. The zero-order chi connectivity index (χ0) is 16.7. The van der Waals surface area contributed by atoms with Crippen molar-refractivity contribution in [2.45, 2.75) is 18.4 Å². The van der Waals surface area contributed by atoms with Crippen LogP contribution in [0, 0.1) is 16.0 Å². The van der Waals surface area contributed by atoms with E-state index in [4.69, 9.17) is 4.74 Å². The van der Waals surface area contributed by atoms with Crippen LogP contribution in [0.4, 0.5) is 11.4 Å². The molecule has 2 aromatic carbocycles. The predicted molar refractivity (Wildman–Crippen MR) is 92.4 cm³/mol. The van der Waals surface area contributed by atoms with Gasteiger partial charge in [-0.25, -0.2) is 0 Å². The zero-order valence-corrected chi connectivity index (χ0v) is 13.3. The lowest BCUT2D eigenvalue weighted by molar-refractivity contribution is -0.384. The number of nitrogens with zero attached hydrogens (tertiary/aromatic N) is 1. The van der Waals surface area contributed by atoms with Crippen molar-refractivity contribution in [3.63, 3.8) is 0 Å². The molecule has 1 aliphatic heterocycles. The molecule has 0 radical (unpaired) electrons. The van der Waals surface area contributed by atoms with Gasteiger partial charge in [0.1, 0.15) is 5.75 Å². The lowest BCUT2D eigenvalue weighted by atomic mass is 9.77. The number of hydrogen-bond acceptors (Lipinski definition) is 4. The van der Waals surface area contributed by atoms with Gasteiger partial charge in [-0.15, -0.1) is 0 Å². The maximum atomic E-state index is 11.1. The van der Waals surface area contributed by atoms with E-state index in [9.17, 15) is 10.1 Å². The largest absolute Gasteiger partial charge is 0.497 e. The number of methoxy groups -OCH3 is 1. The molecule has 5 heteroatoms. The van der Waals surface area contributed by atoms with Gasteiger partial charge in [-0.05, 0) is 41.7 Å². The summed E-state index contributed by atoms with van der Waals surface area (Å²) in [7, 11) is 1.66. The molecule has 122 valence electrons.